The van der Waals surface area contributed by atoms with E-state index < -0.39 is 0 Å². The minimum absolute atomic E-state index is 0.353. The largest absolute Gasteiger partial charge is 0.497 e. The third-order valence-corrected chi connectivity index (χ3v) is 4.43. The first kappa shape index (κ1) is 19.1. The number of benzene rings is 2. The van der Waals surface area contributed by atoms with Crippen molar-refractivity contribution in [3.63, 3.8) is 0 Å². The van der Waals surface area contributed by atoms with Crippen LogP contribution in [0.25, 0.3) is 16.9 Å². The molecule has 2 heterocycles. The Balaban J connectivity index is 1.66. The average molecular weight is 397 g/mol. The molecular formula is C23H19N5O2. The Morgan fingerprint density at radius 2 is 1.77 bits per heavy atom. The van der Waals surface area contributed by atoms with E-state index >= 15 is 0 Å². The predicted octanol–water partition coefficient (Wildman–Crippen LogP) is 3.71. The molecule has 4 rings (SSSR count). The van der Waals surface area contributed by atoms with Gasteiger partial charge >= 0.3 is 0 Å². The quantitative estimate of drug-likeness (QED) is 0.397. The van der Waals surface area contributed by atoms with Crippen LogP contribution in [0.5, 0.6) is 5.75 Å². The summed E-state index contributed by atoms with van der Waals surface area (Å²) in [6.45, 7) is 0. The van der Waals surface area contributed by atoms with Crippen molar-refractivity contribution in [1.82, 2.24) is 20.2 Å². The highest BCUT2D eigenvalue weighted by atomic mass is 16.5. The number of carbonyl (C=O) groups is 1. The minimum atomic E-state index is -0.353. The smallest absolute Gasteiger partial charge is 0.275 e. The summed E-state index contributed by atoms with van der Waals surface area (Å²) in [7, 11) is 1.61. The van der Waals surface area contributed by atoms with Crippen molar-refractivity contribution in [3.8, 4) is 22.7 Å². The third-order valence-electron chi connectivity index (χ3n) is 4.43. The number of nitrogens with zero attached hydrogens (tertiary/aromatic N) is 4. The molecule has 0 bridgehead atoms. The topological polar surface area (TPSA) is 81.4 Å². The molecule has 0 unspecified atom stereocenters. The first-order chi connectivity index (χ1) is 14.7. The Bertz CT molecular complexity index is 1150. The number of aromatic nitrogens is 3. The van der Waals surface area contributed by atoms with Crippen LogP contribution in [-0.4, -0.2) is 34.0 Å². The van der Waals surface area contributed by atoms with Gasteiger partial charge in [-0.25, -0.2) is 10.1 Å². The second-order valence-electron chi connectivity index (χ2n) is 6.38. The van der Waals surface area contributed by atoms with Crippen molar-refractivity contribution in [2.45, 2.75) is 0 Å². The lowest BCUT2D eigenvalue weighted by atomic mass is 10.1. The van der Waals surface area contributed by atoms with Crippen molar-refractivity contribution in [1.29, 1.82) is 0 Å². The number of para-hydroxylation sites is 1. The molecule has 0 saturated carbocycles. The molecule has 30 heavy (non-hydrogen) atoms. The molecule has 0 fully saturated rings. The van der Waals surface area contributed by atoms with Gasteiger partial charge in [-0.1, -0.05) is 18.2 Å². The summed E-state index contributed by atoms with van der Waals surface area (Å²) in [4.78, 5) is 16.8. The first-order valence-electron chi connectivity index (χ1n) is 9.27. The lowest BCUT2D eigenvalue weighted by Crippen LogP contribution is -2.17. The van der Waals surface area contributed by atoms with Gasteiger partial charge in [-0.15, -0.1) is 0 Å². The second-order valence-corrected chi connectivity index (χ2v) is 6.38. The highest BCUT2D eigenvalue weighted by molar-refractivity contribution is 6.00. The van der Waals surface area contributed by atoms with Crippen molar-refractivity contribution in [3.05, 3.63) is 96.4 Å². The maximum absolute atomic E-state index is 12.9. The van der Waals surface area contributed by atoms with Gasteiger partial charge in [0.05, 0.1) is 24.6 Å². The number of hydrogen-bond donors (Lipinski definition) is 1. The van der Waals surface area contributed by atoms with E-state index in [0.717, 1.165) is 22.6 Å². The van der Waals surface area contributed by atoms with E-state index in [0.29, 0.717) is 11.3 Å². The van der Waals surface area contributed by atoms with E-state index in [4.69, 9.17) is 4.74 Å². The second kappa shape index (κ2) is 8.83. The van der Waals surface area contributed by atoms with Gasteiger partial charge in [-0.2, -0.15) is 10.2 Å². The molecule has 0 spiro atoms. The monoisotopic (exact) mass is 397 g/mol. The number of rotatable bonds is 6. The van der Waals surface area contributed by atoms with E-state index in [1.54, 1.807) is 48.7 Å². The minimum Gasteiger partial charge on any atom is -0.497 e. The standard InChI is InChI=1S/C23H19N5O2/c1-30-20-9-7-18(8-10-20)22-21(16-28(27-22)19-5-3-2-4-6-19)23(29)26-25-15-17-11-13-24-14-12-17/h2-16H,1H3,(H,26,29)/b25-15+. The predicted molar refractivity (Wildman–Crippen MR) is 115 cm³/mol. The molecule has 1 N–H and O–H groups in total. The van der Waals surface area contributed by atoms with Crippen LogP contribution < -0.4 is 10.2 Å². The molecule has 2 aromatic carbocycles. The molecule has 0 aliphatic carbocycles. The van der Waals surface area contributed by atoms with Gasteiger partial charge in [0, 0.05) is 24.2 Å². The van der Waals surface area contributed by atoms with Gasteiger partial charge in [0.2, 0.25) is 0 Å². The van der Waals surface area contributed by atoms with Gasteiger partial charge in [0.1, 0.15) is 11.4 Å². The summed E-state index contributed by atoms with van der Waals surface area (Å²) in [6, 6.07) is 20.6. The van der Waals surface area contributed by atoms with Crippen molar-refractivity contribution >= 4 is 12.1 Å². The molecule has 0 radical (unpaired) electrons. The zero-order valence-electron chi connectivity index (χ0n) is 16.3. The fourth-order valence-corrected chi connectivity index (χ4v) is 2.89. The Morgan fingerprint density at radius 1 is 1.03 bits per heavy atom. The molecular weight excluding hydrogens is 378 g/mol. The maximum atomic E-state index is 12.9. The summed E-state index contributed by atoms with van der Waals surface area (Å²) in [5.74, 6) is 0.377. The molecule has 4 aromatic rings. The van der Waals surface area contributed by atoms with E-state index in [-0.39, 0.29) is 5.91 Å². The van der Waals surface area contributed by atoms with Gasteiger partial charge < -0.3 is 4.74 Å². The summed E-state index contributed by atoms with van der Waals surface area (Å²) < 4.78 is 6.91. The van der Waals surface area contributed by atoms with Crippen LogP contribution in [0.2, 0.25) is 0 Å². The number of ether oxygens (including phenoxy) is 1. The Morgan fingerprint density at radius 3 is 2.47 bits per heavy atom. The van der Waals surface area contributed by atoms with Crippen LogP contribution >= 0.6 is 0 Å². The van der Waals surface area contributed by atoms with Gasteiger partial charge in [-0.05, 0) is 54.1 Å². The summed E-state index contributed by atoms with van der Waals surface area (Å²) >= 11 is 0. The molecule has 0 aliphatic heterocycles. The summed E-state index contributed by atoms with van der Waals surface area (Å²) in [6.07, 6.45) is 6.59. The summed E-state index contributed by atoms with van der Waals surface area (Å²) in [5.41, 5.74) is 6.03. The Kier molecular flexibility index (Phi) is 5.61. The molecule has 0 atom stereocenters. The fraction of sp³-hybridized carbons (Fsp3) is 0.0435. The average Bonchev–Trinajstić information content (AvgIpc) is 3.26. The molecule has 1 amide bonds. The first-order valence-corrected chi connectivity index (χ1v) is 9.27. The van der Waals surface area contributed by atoms with Crippen LogP contribution in [0.1, 0.15) is 15.9 Å². The van der Waals surface area contributed by atoms with Gasteiger partial charge in [0.15, 0.2) is 0 Å². The lowest BCUT2D eigenvalue weighted by Gasteiger charge is -2.03. The molecule has 148 valence electrons. The molecule has 7 nitrogen and oxygen atoms in total. The zero-order chi connectivity index (χ0) is 20.8. The van der Waals surface area contributed by atoms with Crippen LogP contribution in [0.15, 0.2) is 90.4 Å². The van der Waals surface area contributed by atoms with E-state index in [1.807, 2.05) is 54.6 Å². The molecule has 2 aromatic heterocycles. The number of amides is 1. The number of carbonyl (C=O) groups excluding carboxylic acids is 1. The number of hydrogen-bond acceptors (Lipinski definition) is 5. The number of methoxy groups -OCH3 is 1. The van der Waals surface area contributed by atoms with Crippen LogP contribution in [-0.2, 0) is 0 Å². The van der Waals surface area contributed by atoms with Crippen LogP contribution in [0.3, 0.4) is 0 Å². The van der Waals surface area contributed by atoms with E-state index in [1.165, 1.54) is 0 Å². The normalized spacial score (nSPS) is 10.8. The van der Waals surface area contributed by atoms with Crippen molar-refractivity contribution in [2.75, 3.05) is 7.11 Å². The van der Waals surface area contributed by atoms with E-state index in [9.17, 15) is 4.79 Å². The Labute approximate surface area is 173 Å². The SMILES string of the molecule is COc1ccc(-c2nn(-c3ccccc3)cc2C(=O)N/N=C/c2ccncc2)cc1. The zero-order valence-corrected chi connectivity index (χ0v) is 16.3. The van der Waals surface area contributed by atoms with E-state index in [2.05, 4.69) is 20.6 Å². The third kappa shape index (κ3) is 4.25. The highest BCUT2D eigenvalue weighted by Gasteiger charge is 2.18. The van der Waals surface area contributed by atoms with Crippen molar-refractivity contribution in [2.24, 2.45) is 5.10 Å². The van der Waals surface area contributed by atoms with Crippen molar-refractivity contribution < 1.29 is 9.53 Å². The number of nitrogens with one attached hydrogen (secondary N) is 1. The maximum Gasteiger partial charge on any atom is 0.275 e. The van der Waals surface area contributed by atoms with Gasteiger partial charge in [-0.3, -0.25) is 9.78 Å². The molecule has 7 heteroatoms. The molecule has 0 saturated heterocycles. The fourth-order valence-electron chi connectivity index (χ4n) is 2.89. The van der Waals surface area contributed by atoms with Gasteiger partial charge in [0.25, 0.3) is 5.91 Å². The number of pyridine rings is 1. The highest BCUT2D eigenvalue weighted by Crippen LogP contribution is 2.25. The van der Waals surface area contributed by atoms with Crippen LogP contribution in [0, 0.1) is 0 Å². The summed E-state index contributed by atoms with van der Waals surface area (Å²) in [5, 5.41) is 8.70. The Hall–Kier alpha value is -4.26. The molecule has 0 aliphatic rings. The van der Waals surface area contributed by atoms with Crippen LogP contribution in [0.4, 0.5) is 0 Å². The lowest BCUT2D eigenvalue weighted by molar-refractivity contribution is 0.0955. The number of hydrazone groups is 1.